The summed E-state index contributed by atoms with van der Waals surface area (Å²) in [5.41, 5.74) is 2.12. The van der Waals surface area contributed by atoms with Crippen molar-refractivity contribution in [1.29, 1.82) is 0 Å². The number of carbonyl (C=O) groups excluding carboxylic acids is 1. The van der Waals surface area contributed by atoms with Crippen LogP contribution in [-0.2, 0) is 11.2 Å². The monoisotopic (exact) mass is 218 g/mol. The first-order chi connectivity index (χ1) is 7.72. The molecule has 0 N–H and O–H groups in total. The third-order valence-electron chi connectivity index (χ3n) is 3.43. The van der Waals surface area contributed by atoms with Crippen molar-refractivity contribution in [2.45, 2.75) is 32.3 Å². The molecule has 1 aliphatic carbocycles. The van der Waals surface area contributed by atoms with E-state index in [1.54, 1.807) is 7.11 Å². The summed E-state index contributed by atoms with van der Waals surface area (Å²) in [6.45, 7) is 2.02. The fourth-order valence-corrected chi connectivity index (χ4v) is 2.38. The van der Waals surface area contributed by atoms with Crippen LogP contribution < -0.4 is 0 Å². The van der Waals surface area contributed by atoms with Gasteiger partial charge in [-0.3, -0.25) is 4.79 Å². The maximum Gasteiger partial charge on any atom is 0.166 e. The predicted octanol–water partition coefficient (Wildman–Crippen LogP) is 2.86. The van der Waals surface area contributed by atoms with E-state index in [2.05, 4.69) is 6.07 Å². The van der Waals surface area contributed by atoms with Crippen LogP contribution in [0.3, 0.4) is 0 Å². The van der Waals surface area contributed by atoms with Gasteiger partial charge < -0.3 is 4.74 Å². The lowest BCUT2D eigenvalue weighted by Gasteiger charge is -2.25. The highest BCUT2D eigenvalue weighted by molar-refractivity contribution is 6.00. The zero-order valence-electron chi connectivity index (χ0n) is 9.90. The van der Waals surface area contributed by atoms with E-state index in [-0.39, 0.29) is 12.0 Å². The molecule has 0 bridgehead atoms. The Morgan fingerprint density at radius 2 is 2.19 bits per heavy atom. The van der Waals surface area contributed by atoms with Gasteiger partial charge in [0.1, 0.15) is 0 Å². The molecule has 2 nitrogen and oxygen atoms in total. The molecule has 0 aliphatic heterocycles. The summed E-state index contributed by atoms with van der Waals surface area (Å²) in [4.78, 5) is 12.2. The number of ketones is 1. The number of benzene rings is 1. The summed E-state index contributed by atoms with van der Waals surface area (Å²) in [5, 5.41) is 0. The molecular formula is C14H18O2. The number of fused-ring (bicyclic) bond motifs is 1. The van der Waals surface area contributed by atoms with Crippen molar-refractivity contribution < 1.29 is 9.53 Å². The number of hydrogen-bond acceptors (Lipinski definition) is 2. The molecule has 1 aliphatic rings. The number of methoxy groups -OCH3 is 1. The van der Waals surface area contributed by atoms with Crippen molar-refractivity contribution in [3.05, 3.63) is 35.4 Å². The van der Waals surface area contributed by atoms with E-state index in [1.807, 2.05) is 25.1 Å². The fourth-order valence-electron chi connectivity index (χ4n) is 2.38. The number of ether oxygens (including phenoxy) is 1. The van der Waals surface area contributed by atoms with Gasteiger partial charge in [0.2, 0.25) is 0 Å². The van der Waals surface area contributed by atoms with Crippen molar-refractivity contribution >= 4 is 5.78 Å². The Balaban J connectivity index is 2.15. The van der Waals surface area contributed by atoms with Crippen molar-refractivity contribution in [2.24, 2.45) is 5.92 Å². The minimum atomic E-state index is 0.143. The van der Waals surface area contributed by atoms with Crippen molar-refractivity contribution in [2.75, 3.05) is 7.11 Å². The lowest BCUT2D eigenvalue weighted by atomic mass is 9.80. The van der Waals surface area contributed by atoms with Gasteiger partial charge in [-0.2, -0.15) is 0 Å². The number of carbonyl (C=O) groups is 1. The Bertz CT molecular complexity index is 384. The molecule has 0 aromatic heterocycles. The van der Waals surface area contributed by atoms with E-state index < -0.39 is 0 Å². The number of rotatable bonds is 3. The van der Waals surface area contributed by atoms with Crippen molar-refractivity contribution in [3.63, 3.8) is 0 Å². The number of Topliss-reactive ketones (excluding diaryl/α,β-unsaturated/α-hetero) is 1. The summed E-state index contributed by atoms with van der Waals surface area (Å²) < 4.78 is 5.24. The Labute approximate surface area is 96.6 Å². The van der Waals surface area contributed by atoms with Gasteiger partial charge in [0.15, 0.2) is 5.78 Å². The van der Waals surface area contributed by atoms with Crippen LogP contribution in [0.2, 0.25) is 0 Å². The second-order valence-electron chi connectivity index (χ2n) is 4.54. The van der Waals surface area contributed by atoms with Crippen LogP contribution in [0.15, 0.2) is 24.3 Å². The van der Waals surface area contributed by atoms with E-state index in [0.29, 0.717) is 5.78 Å². The summed E-state index contributed by atoms with van der Waals surface area (Å²) >= 11 is 0. The van der Waals surface area contributed by atoms with E-state index >= 15 is 0 Å². The normalized spacial score (nSPS) is 21.6. The second-order valence-corrected chi connectivity index (χ2v) is 4.54. The second kappa shape index (κ2) is 4.79. The topological polar surface area (TPSA) is 26.3 Å². The van der Waals surface area contributed by atoms with E-state index in [9.17, 15) is 4.79 Å². The molecule has 2 heteroatoms. The summed E-state index contributed by atoms with van der Waals surface area (Å²) in [7, 11) is 1.70. The third kappa shape index (κ3) is 2.17. The predicted molar refractivity (Wildman–Crippen MR) is 63.7 cm³/mol. The largest absolute Gasteiger partial charge is 0.382 e. The van der Waals surface area contributed by atoms with Gasteiger partial charge in [-0.1, -0.05) is 24.3 Å². The molecule has 2 rings (SSSR count). The van der Waals surface area contributed by atoms with Gasteiger partial charge >= 0.3 is 0 Å². The van der Waals surface area contributed by atoms with Crippen LogP contribution in [0.5, 0.6) is 0 Å². The molecule has 16 heavy (non-hydrogen) atoms. The zero-order valence-corrected chi connectivity index (χ0v) is 9.90. The van der Waals surface area contributed by atoms with E-state index in [4.69, 9.17) is 4.74 Å². The van der Waals surface area contributed by atoms with Gasteiger partial charge in [-0.15, -0.1) is 0 Å². The fraction of sp³-hybridized carbons (Fsp3) is 0.500. The Hall–Kier alpha value is -1.15. The van der Waals surface area contributed by atoms with Gasteiger partial charge in [-0.05, 0) is 31.7 Å². The molecule has 0 amide bonds. The minimum absolute atomic E-state index is 0.143. The Kier molecular flexibility index (Phi) is 3.39. The summed E-state index contributed by atoms with van der Waals surface area (Å²) in [6, 6.07) is 7.95. The quantitative estimate of drug-likeness (QED) is 0.779. The average molecular weight is 218 g/mol. The Morgan fingerprint density at radius 1 is 1.44 bits per heavy atom. The maximum atomic E-state index is 12.2. The van der Waals surface area contributed by atoms with Crippen LogP contribution in [0, 0.1) is 5.92 Å². The molecule has 1 aromatic carbocycles. The maximum absolute atomic E-state index is 12.2. The van der Waals surface area contributed by atoms with Gasteiger partial charge in [0, 0.05) is 18.6 Å². The first-order valence-corrected chi connectivity index (χ1v) is 5.87. The summed E-state index contributed by atoms with van der Waals surface area (Å²) in [6.07, 6.45) is 2.98. The highest BCUT2D eigenvalue weighted by Crippen LogP contribution is 2.28. The molecule has 0 fully saturated rings. The van der Waals surface area contributed by atoms with Crippen LogP contribution >= 0.6 is 0 Å². The molecule has 0 saturated carbocycles. The number of hydrogen-bond donors (Lipinski definition) is 0. The van der Waals surface area contributed by atoms with Gasteiger partial charge in [-0.25, -0.2) is 0 Å². The molecule has 1 aromatic rings. The van der Waals surface area contributed by atoms with Gasteiger partial charge in [0.25, 0.3) is 0 Å². The molecule has 0 saturated heterocycles. The molecule has 2 atom stereocenters. The molecular weight excluding hydrogens is 200 g/mol. The first-order valence-electron chi connectivity index (χ1n) is 5.87. The molecule has 2 unspecified atom stereocenters. The molecule has 86 valence electrons. The van der Waals surface area contributed by atoms with E-state index in [0.717, 1.165) is 24.8 Å². The average Bonchev–Trinajstić information content (AvgIpc) is 2.33. The minimum Gasteiger partial charge on any atom is -0.382 e. The summed E-state index contributed by atoms with van der Waals surface area (Å²) in [5.74, 6) is 0.440. The van der Waals surface area contributed by atoms with Gasteiger partial charge in [0.05, 0.1) is 6.10 Å². The van der Waals surface area contributed by atoms with Crippen LogP contribution in [-0.4, -0.2) is 19.0 Å². The standard InChI is InChI=1S/C14H18O2/c1-10(16-2)9-12-8-7-11-5-3-4-6-13(11)14(12)15/h3-6,10,12H,7-9H2,1-2H3. The van der Waals surface area contributed by atoms with Crippen molar-refractivity contribution in [1.82, 2.24) is 0 Å². The highest BCUT2D eigenvalue weighted by Gasteiger charge is 2.27. The molecule has 0 radical (unpaired) electrons. The first kappa shape index (κ1) is 11.3. The van der Waals surface area contributed by atoms with E-state index in [1.165, 1.54) is 5.56 Å². The van der Waals surface area contributed by atoms with Crippen LogP contribution in [0.4, 0.5) is 0 Å². The third-order valence-corrected chi connectivity index (χ3v) is 3.43. The lowest BCUT2D eigenvalue weighted by molar-refractivity contribution is 0.0718. The number of aryl methyl sites for hydroxylation is 1. The lowest BCUT2D eigenvalue weighted by Crippen LogP contribution is -2.26. The van der Waals surface area contributed by atoms with Crippen molar-refractivity contribution in [3.8, 4) is 0 Å². The van der Waals surface area contributed by atoms with Crippen LogP contribution in [0.25, 0.3) is 0 Å². The highest BCUT2D eigenvalue weighted by atomic mass is 16.5. The zero-order chi connectivity index (χ0) is 11.5. The Morgan fingerprint density at radius 3 is 2.94 bits per heavy atom. The van der Waals surface area contributed by atoms with Crippen LogP contribution in [0.1, 0.15) is 35.7 Å². The molecule has 0 spiro atoms. The smallest absolute Gasteiger partial charge is 0.166 e. The molecule has 0 heterocycles. The SMILES string of the molecule is COC(C)CC1CCc2ccccc2C1=O.